The molecule has 0 aliphatic carbocycles. The Kier molecular flexibility index (Phi) is 12.8. The Labute approximate surface area is 243 Å². The number of nitrogens with two attached hydrogens (primary N) is 1. The lowest BCUT2D eigenvalue weighted by Crippen LogP contribution is -2.21. The lowest BCUT2D eigenvalue weighted by Gasteiger charge is -2.11. The van der Waals surface area contributed by atoms with E-state index in [2.05, 4.69) is 25.6 Å². The van der Waals surface area contributed by atoms with E-state index in [1.165, 1.54) is 0 Å². The van der Waals surface area contributed by atoms with Crippen LogP contribution in [0, 0.1) is 5.82 Å². The average molecular weight is 664 g/mol. The lowest BCUT2D eigenvalue weighted by molar-refractivity contribution is -0.193. The first-order valence-electron chi connectivity index (χ1n) is 11.3. The number of pyridine rings is 1. The molecule has 0 amide bonds. The first-order valence-corrected chi connectivity index (χ1v) is 11.3. The molecule has 2 aromatic heterocycles. The highest BCUT2D eigenvalue weighted by Crippen LogP contribution is 2.26. The number of aryl methyl sites for hydroxylation is 2. The molecule has 45 heavy (non-hydrogen) atoms. The SMILES string of the molecule is Nc1ccc2cc1CCc1cncc(c1)Nc1ncc(F)c(n1)N2.O=C(O)C(F)(F)F.O=C(O)C(F)(F)F.O=C(O)C(F)(F)F. The first-order chi connectivity index (χ1) is 20.5. The Morgan fingerprint density at radius 3 is 1.73 bits per heavy atom. The van der Waals surface area contributed by atoms with Gasteiger partial charge in [-0.2, -0.15) is 44.5 Å². The number of hydrogen-bond donors (Lipinski definition) is 6. The molecule has 0 spiro atoms. The van der Waals surface area contributed by atoms with E-state index in [0.717, 1.165) is 41.5 Å². The number of nitrogens with one attached hydrogen (secondary N) is 2. The van der Waals surface area contributed by atoms with Gasteiger partial charge in [0.15, 0.2) is 11.6 Å². The van der Waals surface area contributed by atoms with Gasteiger partial charge in [0.05, 0.1) is 18.1 Å². The number of fused-ring (bicyclic) bond motifs is 6. The third-order valence-electron chi connectivity index (χ3n) is 4.61. The minimum absolute atomic E-state index is 0.103. The van der Waals surface area contributed by atoms with E-state index in [1.807, 2.05) is 24.4 Å². The summed E-state index contributed by atoms with van der Waals surface area (Å²) >= 11 is 0. The van der Waals surface area contributed by atoms with Crippen molar-refractivity contribution < 1.29 is 73.6 Å². The van der Waals surface area contributed by atoms with Gasteiger partial charge in [0.25, 0.3) is 0 Å². The van der Waals surface area contributed by atoms with Crippen molar-refractivity contribution in [1.29, 1.82) is 0 Å². The number of nitrogen functional groups attached to an aromatic ring is 1. The van der Waals surface area contributed by atoms with Gasteiger partial charge in [0.1, 0.15) is 0 Å². The van der Waals surface area contributed by atoms with Crippen molar-refractivity contribution in [3.05, 3.63) is 59.8 Å². The Morgan fingerprint density at radius 2 is 1.24 bits per heavy atom. The van der Waals surface area contributed by atoms with E-state index in [9.17, 15) is 43.9 Å². The number of hydrogen-bond acceptors (Lipinski definition) is 9. The van der Waals surface area contributed by atoms with Crippen LogP contribution in [0.1, 0.15) is 11.1 Å². The van der Waals surface area contributed by atoms with Gasteiger partial charge in [-0.3, -0.25) is 4.98 Å². The van der Waals surface area contributed by atoms with Crippen LogP contribution in [0.15, 0.2) is 42.9 Å². The fourth-order valence-electron chi connectivity index (χ4n) is 2.65. The highest BCUT2D eigenvalue weighted by Gasteiger charge is 2.39. The van der Waals surface area contributed by atoms with Crippen LogP contribution in [0.4, 0.5) is 72.7 Å². The van der Waals surface area contributed by atoms with Gasteiger partial charge in [0.2, 0.25) is 5.95 Å². The van der Waals surface area contributed by atoms with Crippen molar-refractivity contribution in [2.75, 3.05) is 16.4 Å². The van der Waals surface area contributed by atoms with Crippen LogP contribution in [0.5, 0.6) is 0 Å². The van der Waals surface area contributed by atoms with Crippen LogP contribution >= 0.6 is 0 Å². The Bertz CT molecular complexity index is 1440. The molecule has 1 aliphatic rings. The zero-order chi connectivity index (χ0) is 34.8. The normalized spacial score (nSPS) is 12.1. The molecule has 0 saturated heterocycles. The van der Waals surface area contributed by atoms with Crippen LogP contribution in [-0.2, 0) is 27.2 Å². The first kappa shape index (κ1) is 37.6. The quantitative estimate of drug-likeness (QED) is 0.138. The summed E-state index contributed by atoms with van der Waals surface area (Å²) in [6, 6.07) is 7.50. The van der Waals surface area contributed by atoms with Gasteiger partial charge < -0.3 is 31.7 Å². The molecular weight excluding hydrogens is 646 g/mol. The number of aliphatic carboxylic acids is 3. The Balaban J connectivity index is 0.000000396. The second-order valence-corrected chi connectivity index (χ2v) is 8.04. The molecule has 0 fully saturated rings. The number of benzene rings is 1. The fourth-order valence-corrected chi connectivity index (χ4v) is 2.65. The van der Waals surface area contributed by atoms with Crippen molar-refractivity contribution in [2.24, 2.45) is 0 Å². The van der Waals surface area contributed by atoms with E-state index in [-0.39, 0.29) is 5.82 Å². The smallest absolute Gasteiger partial charge is 0.475 e. The predicted octanol–water partition coefficient (Wildman–Crippen LogP) is 5.08. The summed E-state index contributed by atoms with van der Waals surface area (Å²) in [5, 5.41) is 27.4. The minimum atomic E-state index is -5.08. The summed E-state index contributed by atoms with van der Waals surface area (Å²) in [6.07, 6.45) is -9.06. The number of halogens is 10. The van der Waals surface area contributed by atoms with Gasteiger partial charge in [-0.25, -0.2) is 23.8 Å². The molecule has 0 atom stereocenters. The van der Waals surface area contributed by atoms with E-state index in [0.29, 0.717) is 11.6 Å². The summed E-state index contributed by atoms with van der Waals surface area (Å²) in [4.78, 5) is 39.1. The highest BCUT2D eigenvalue weighted by atomic mass is 19.4. The van der Waals surface area contributed by atoms with E-state index >= 15 is 0 Å². The maximum absolute atomic E-state index is 14.0. The van der Waals surface area contributed by atoms with E-state index in [1.54, 1.807) is 12.3 Å². The minimum Gasteiger partial charge on any atom is -0.475 e. The maximum Gasteiger partial charge on any atom is 0.490 e. The second-order valence-electron chi connectivity index (χ2n) is 8.04. The molecule has 3 heterocycles. The molecule has 1 aromatic carbocycles. The van der Waals surface area contributed by atoms with Crippen molar-refractivity contribution in [3.63, 3.8) is 0 Å². The maximum atomic E-state index is 14.0. The van der Waals surface area contributed by atoms with Gasteiger partial charge in [-0.05, 0) is 48.2 Å². The van der Waals surface area contributed by atoms with Crippen LogP contribution in [0.2, 0.25) is 0 Å². The summed E-state index contributed by atoms with van der Waals surface area (Å²) in [5.41, 5.74) is 10.3. The molecule has 3 aromatic rings. The molecule has 12 nitrogen and oxygen atoms in total. The third kappa shape index (κ3) is 13.6. The van der Waals surface area contributed by atoms with Crippen LogP contribution in [-0.4, -0.2) is 66.7 Å². The molecular formula is C23H18F10N6O6. The number of rotatable bonds is 0. The number of nitrogens with zero attached hydrogens (tertiary/aromatic N) is 3. The summed E-state index contributed by atoms with van der Waals surface area (Å²) < 4.78 is 109. The van der Waals surface area contributed by atoms with Gasteiger partial charge in [-0.1, -0.05) is 0 Å². The van der Waals surface area contributed by atoms with Crippen molar-refractivity contribution in [3.8, 4) is 0 Å². The number of carbonyl (C=O) groups is 3. The Hall–Kier alpha value is -5.44. The van der Waals surface area contributed by atoms with Crippen molar-refractivity contribution in [2.45, 2.75) is 31.4 Å². The number of aromatic nitrogens is 3. The topological polar surface area (TPSA) is 201 Å². The van der Waals surface area contributed by atoms with Crippen LogP contribution < -0.4 is 16.4 Å². The van der Waals surface area contributed by atoms with Crippen molar-refractivity contribution >= 4 is 46.7 Å². The Morgan fingerprint density at radius 1 is 0.733 bits per heavy atom. The molecule has 246 valence electrons. The second kappa shape index (κ2) is 15.3. The average Bonchev–Trinajstić information content (AvgIpc) is 2.90. The largest absolute Gasteiger partial charge is 0.490 e. The molecule has 0 saturated carbocycles. The predicted molar refractivity (Wildman–Crippen MR) is 132 cm³/mol. The van der Waals surface area contributed by atoms with Crippen molar-refractivity contribution in [1.82, 2.24) is 15.0 Å². The van der Waals surface area contributed by atoms with Gasteiger partial charge >= 0.3 is 36.4 Å². The zero-order valence-corrected chi connectivity index (χ0v) is 21.7. The summed E-state index contributed by atoms with van der Waals surface area (Å²) in [7, 11) is 0. The monoisotopic (exact) mass is 664 g/mol. The molecule has 6 bridgehead atoms. The van der Waals surface area contributed by atoms with E-state index in [4.69, 9.17) is 35.4 Å². The molecule has 7 N–H and O–H groups in total. The number of anilines is 5. The van der Waals surface area contributed by atoms with Gasteiger partial charge in [0, 0.05) is 17.6 Å². The van der Waals surface area contributed by atoms with E-state index < -0.39 is 42.3 Å². The molecule has 0 unspecified atom stereocenters. The number of alkyl halides is 9. The standard InChI is InChI=1S/C17H15FN6.3C2HF3O2/c18-14-9-21-17-23-13-5-10(7-20-8-13)1-2-11-6-12(3-4-15(11)19)22-16(14)24-17;3*3-2(4,5)1(6)7/h3-9H,1-2,19H2,(H2,21,22,23,24);3*(H,6,7). The molecule has 22 heteroatoms. The highest BCUT2D eigenvalue weighted by molar-refractivity contribution is 5.73. The third-order valence-corrected chi connectivity index (χ3v) is 4.61. The number of carboxylic acids is 3. The van der Waals surface area contributed by atoms with Crippen LogP contribution in [0.3, 0.4) is 0 Å². The zero-order valence-electron chi connectivity index (χ0n) is 21.7. The summed E-state index contributed by atoms with van der Waals surface area (Å²) in [5.74, 6) is -8.40. The summed E-state index contributed by atoms with van der Waals surface area (Å²) in [6.45, 7) is 0. The van der Waals surface area contributed by atoms with Gasteiger partial charge in [-0.15, -0.1) is 0 Å². The fraction of sp³-hybridized carbons (Fsp3) is 0.217. The lowest BCUT2D eigenvalue weighted by atomic mass is 10.0. The molecule has 4 rings (SSSR count). The molecule has 0 radical (unpaired) electrons. The molecule has 1 aliphatic heterocycles. The van der Waals surface area contributed by atoms with Crippen LogP contribution in [0.25, 0.3) is 0 Å². The number of carboxylic acid groups (broad SMARTS) is 3.